The highest BCUT2D eigenvalue weighted by Gasteiger charge is 2.51. The van der Waals surface area contributed by atoms with Gasteiger partial charge in [-0.15, -0.1) is 0 Å². The van der Waals surface area contributed by atoms with Crippen LogP contribution in [0.5, 0.6) is 0 Å². The molecule has 0 saturated carbocycles. The Bertz CT molecular complexity index is 677. The fourth-order valence-electron chi connectivity index (χ4n) is 1.68. The molecular weight excluding hydrogens is 301 g/mol. The van der Waals surface area contributed by atoms with Gasteiger partial charge in [0.15, 0.2) is 5.60 Å². The summed E-state index contributed by atoms with van der Waals surface area (Å²) in [5.41, 5.74) is 5.19. The Morgan fingerprint density at radius 3 is 2.36 bits per heavy atom. The monoisotopic (exact) mass is 314 g/mol. The van der Waals surface area contributed by atoms with Crippen molar-refractivity contribution >= 4 is 11.6 Å². The molecule has 0 saturated heterocycles. The van der Waals surface area contributed by atoms with Crippen LogP contribution in [0.1, 0.15) is 22.8 Å². The predicted molar refractivity (Wildman–Crippen MR) is 71.8 cm³/mol. The SMILES string of the molecule is C[C@@](O)(c1ccc(Nn2cc(C(N)=O)cn2)cc1)C(F)(F)F. The van der Waals surface area contributed by atoms with Crippen molar-refractivity contribution in [2.75, 3.05) is 5.43 Å². The molecule has 1 heterocycles. The summed E-state index contributed by atoms with van der Waals surface area (Å²) < 4.78 is 38.2. The van der Waals surface area contributed by atoms with Gasteiger partial charge in [0.1, 0.15) is 0 Å². The van der Waals surface area contributed by atoms with E-state index in [0.717, 1.165) is 12.1 Å². The second kappa shape index (κ2) is 5.34. The molecule has 0 fully saturated rings. The summed E-state index contributed by atoms with van der Waals surface area (Å²) >= 11 is 0. The van der Waals surface area contributed by atoms with Gasteiger partial charge in [0, 0.05) is 0 Å². The van der Waals surface area contributed by atoms with E-state index in [9.17, 15) is 23.1 Å². The number of primary amides is 1. The number of benzene rings is 1. The van der Waals surface area contributed by atoms with E-state index in [1.165, 1.54) is 29.3 Å². The van der Waals surface area contributed by atoms with Crippen LogP contribution in [-0.4, -0.2) is 27.1 Å². The summed E-state index contributed by atoms with van der Waals surface area (Å²) in [5.74, 6) is -0.648. The number of alkyl halides is 3. The van der Waals surface area contributed by atoms with Crippen LogP contribution >= 0.6 is 0 Å². The largest absolute Gasteiger partial charge is 0.421 e. The number of nitrogens with two attached hydrogens (primary N) is 1. The number of nitrogens with one attached hydrogen (secondary N) is 1. The molecule has 4 N–H and O–H groups in total. The first-order chi connectivity index (χ1) is 10.1. The third kappa shape index (κ3) is 3.03. The minimum absolute atomic E-state index is 0.184. The van der Waals surface area contributed by atoms with Crippen LogP contribution in [0, 0.1) is 0 Å². The number of amides is 1. The maximum atomic E-state index is 12.7. The summed E-state index contributed by atoms with van der Waals surface area (Å²) in [6, 6.07) is 4.99. The van der Waals surface area contributed by atoms with E-state index in [4.69, 9.17) is 5.73 Å². The smallest absolute Gasteiger partial charge is 0.376 e. The highest BCUT2D eigenvalue weighted by atomic mass is 19.4. The Morgan fingerprint density at radius 2 is 1.91 bits per heavy atom. The molecule has 1 atom stereocenters. The van der Waals surface area contributed by atoms with E-state index in [-0.39, 0.29) is 11.1 Å². The molecule has 0 aliphatic rings. The van der Waals surface area contributed by atoms with Gasteiger partial charge in [-0.1, -0.05) is 12.1 Å². The third-order valence-corrected chi connectivity index (χ3v) is 3.11. The lowest BCUT2D eigenvalue weighted by atomic mass is 9.95. The molecular formula is C13H13F3N4O2. The molecule has 2 rings (SSSR count). The second-order valence-corrected chi connectivity index (χ2v) is 4.80. The number of rotatable bonds is 4. The molecule has 2 aromatic rings. The standard InChI is InChI=1S/C13H13F3N4O2/c1-12(22,13(14,15)16)9-2-4-10(5-3-9)19-20-7-8(6-18-20)11(17)21/h2-7,19,22H,1H3,(H2,17,21)/t12-/m1/s1. The Kier molecular flexibility index (Phi) is 3.84. The number of hydrogen-bond donors (Lipinski definition) is 3. The summed E-state index contributed by atoms with van der Waals surface area (Å²) in [7, 11) is 0. The minimum atomic E-state index is -4.78. The first-order valence-electron chi connectivity index (χ1n) is 6.12. The van der Waals surface area contributed by atoms with Crippen molar-refractivity contribution in [3.05, 3.63) is 47.8 Å². The van der Waals surface area contributed by atoms with E-state index < -0.39 is 17.7 Å². The zero-order chi connectivity index (χ0) is 16.5. The number of aromatic nitrogens is 2. The average Bonchev–Trinajstić information content (AvgIpc) is 2.87. The number of carbonyl (C=O) groups excluding carboxylic acids is 1. The van der Waals surface area contributed by atoms with E-state index in [0.29, 0.717) is 12.6 Å². The summed E-state index contributed by atoms with van der Waals surface area (Å²) in [6.45, 7) is 0.683. The molecule has 1 aromatic carbocycles. The van der Waals surface area contributed by atoms with E-state index >= 15 is 0 Å². The van der Waals surface area contributed by atoms with Crippen LogP contribution in [0.3, 0.4) is 0 Å². The van der Waals surface area contributed by atoms with Gasteiger partial charge < -0.3 is 10.8 Å². The number of halogens is 3. The molecule has 0 aliphatic carbocycles. The Balaban J connectivity index is 2.17. The molecule has 0 bridgehead atoms. The van der Waals surface area contributed by atoms with Crippen LogP contribution in [-0.2, 0) is 5.60 Å². The van der Waals surface area contributed by atoms with Gasteiger partial charge in [0.2, 0.25) is 0 Å². The van der Waals surface area contributed by atoms with Crippen molar-refractivity contribution in [3.63, 3.8) is 0 Å². The van der Waals surface area contributed by atoms with Gasteiger partial charge in [-0.25, -0.2) is 0 Å². The molecule has 1 amide bonds. The summed E-state index contributed by atoms with van der Waals surface area (Å²) in [5, 5.41) is 13.4. The first kappa shape index (κ1) is 15.8. The predicted octanol–water partition coefficient (Wildman–Crippen LogP) is 1.63. The lowest BCUT2D eigenvalue weighted by Crippen LogP contribution is -2.39. The van der Waals surface area contributed by atoms with Crippen LogP contribution < -0.4 is 11.2 Å². The van der Waals surface area contributed by atoms with Crippen molar-refractivity contribution in [1.82, 2.24) is 9.89 Å². The summed E-state index contributed by atoms with van der Waals surface area (Å²) in [6.07, 6.45) is -2.19. The number of aliphatic hydroxyl groups is 1. The normalized spacial score (nSPS) is 14.4. The van der Waals surface area contributed by atoms with Gasteiger partial charge in [-0.05, 0) is 24.6 Å². The minimum Gasteiger partial charge on any atom is -0.376 e. The molecule has 0 spiro atoms. The van der Waals surface area contributed by atoms with E-state index in [1.54, 1.807) is 0 Å². The van der Waals surface area contributed by atoms with Crippen molar-refractivity contribution in [2.45, 2.75) is 18.7 Å². The Hall–Kier alpha value is -2.55. The average molecular weight is 314 g/mol. The van der Waals surface area contributed by atoms with E-state index in [2.05, 4.69) is 10.5 Å². The number of nitrogens with zero attached hydrogens (tertiary/aromatic N) is 2. The molecule has 9 heteroatoms. The van der Waals surface area contributed by atoms with Crippen LogP contribution in [0.4, 0.5) is 18.9 Å². The molecule has 0 aliphatic heterocycles. The molecule has 118 valence electrons. The van der Waals surface area contributed by atoms with Crippen molar-refractivity contribution in [2.24, 2.45) is 5.73 Å². The third-order valence-electron chi connectivity index (χ3n) is 3.11. The number of anilines is 1. The number of carbonyl (C=O) groups is 1. The van der Waals surface area contributed by atoms with Gasteiger partial charge in [-0.3, -0.25) is 10.2 Å². The fraction of sp³-hybridized carbons (Fsp3) is 0.231. The second-order valence-electron chi connectivity index (χ2n) is 4.80. The Labute approximate surface area is 123 Å². The maximum Gasteiger partial charge on any atom is 0.421 e. The van der Waals surface area contributed by atoms with Crippen LogP contribution in [0.2, 0.25) is 0 Å². The summed E-state index contributed by atoms with van der Waals surface area (Å²) in [4.78, 5) is 12.1. The molecule has 1 aromatic heterocycles. The number of hydrogen-bond acceptors (Lipinski definition) is 4. The lowest BCUT2D eigenvalue weighted by Gasteiger charge is -2.26. The van der Waals surface area contributed by atoms with Crippen molar-refractivity contribution < 1.29 is 23.1 Å². The molecule has 0 radical (unpaired) electrons. The van der Waals surface area contributed by atoms with Crippen LogP contribution in [0.15, 0.2) is 36.7 Å². The molecule has 6 nitrogen and oxygen atoms in total. The zero-order valence-electron chi connectivity index (χ0n) is 11.4. The maximum absolute atomic E-state index is 12.7. The lowest BCUT2D eigenvalue weighted by molar-refractivity contribution is -0.258. The van der Waals surface area contributed by atoms with Gasteiger partial charge in [0.25, 0.3) is 5.91 Å². The van der Waals surface area contributed by atoms with Crippen LogP contribution in [0.25, 0.3) is 0 Å². The van der Waals surface area contributed by atoms with Crippen molar-refractivity contribution in [1.29, 1.82) is 0 Å². The zero-order valence-corrected chi connectivity index (χ0v) is 11.4. The molecule has 22 heavy (non-hydrogen) atoms. The molecule has 0 unspecified atom stereocenters. The first-order valence-corrected chi connectivity index (χ1v) is 6.12. The highest BCUT2D eigenvalue weighted by molar-refractivity contribution is 5.92. The van der Waals surface area contributed by atoms with Gasteiger partial charge in [-0.2, -0.15) is 23.1 Å². The van der Waals surface area contributed by atoms with Gasteiger partial charge in [0.05, 0.1) is 23.6 Å². The van der Waals surface area contributed by atoms with Crippen molar-refractivity contribution in [3.8, 4) is 0 Å². The highest BCUT2D eigenvalue weighted by Crippen LogP contribution is 2.38. The fourth-order valence-corrected chi connectivity index (χ4v) is 1.68. The quantitative estimate of drug-likeness (QED) is 0.799. The van der Waals surface area contributed by atoms with E-state index in [1.807, 2.05) is 0 Å². The topological polar surface area (TPSA) is 93.2 Å². The Morgan fingerprint density at radius 1 is 1.32 bits per heavy atom. The van der Waals surface area contributed by atoms with Gasteiger partial charge >= 0.3 is 6.18 Å².